The summed E-state index contributed by atoms with van der Waals surface area (Å²) in [5, 5.41) is 7.87. The van der Waals surface area contributed by atoms with Gasteiger partial charge < -0.3 is 10.2 Å². The molecule has 0 spiro atoms. The zero-order valence-corrected chi connectivity index (χ0v) is 8.71. The molecule has 3 nitrogen and oxygen atoms in total. The molecular formula is C8H11N3Ru+. The predicted octanol–water partition coefficient (Wildman–Crippen LogP) is 0.543. The molecule has 1 aromatic rings. The van der Waals surface area contributed by atoms with Crippen LogP contribution >= 0.6 is 0 Å². The zero-order valence-electron chi connectivity index (χ0n) is 6.97. The first-order valence-corrected chi connectivity index (χ1v) is 3.93. The van der Waals surface area contributed by atoms with Gasteiger partial charge in [0.05, 0.1) is 5.69 Å². The summed E-state index contributed by atoms with van der Waals surface area (Å²) >= 11 is 0. The Bertz CT molecular complexity index is 268. The van der Waals surface area contributed by atoms with E-state index < -0.39 is 0 Å². The van der Waals surface area contributed by atoms with Gasteiger partial charge in [0.25, 0.3) is 0 Å². The van der Waals surface area contributed by atoms with E-state index in [2.05, 4.69) is 27.9 Å². The molecule has 0 N–H and O–H groups in total. The van der Waals surface area contributed by atoms with E-state index in [4.69, 9.17) is 0 Å². The van der Waals surface area contributed by atoms with E-state index in [9.17, 15) is 0 Å². The van der Waals surface area contributed by atoms with Crippen LogP contribution in [-0.2, 0) is 32.6 Å². The average Bonchev–Trinajstić information content (AvgIpc) is 2.46. The Hall–Kier alpha value is -0.497. The molecule has 12 heavy (non-hydrogen) atoms. The number of aromatic nitrogens is 2. The second kappa shape index (κ2) is 3.95. The smallest absolute Gasteiger partial charge is 0.581 e. The summed E-state index contributed by atoms with van der Waals surface area (Å²) in [7, 11) is 0. The molecule has 0 unspecified atom stereocenters. The van der Waals surface area contributed by atoms with E-state index in [1.165, 1.54) is 5.56 Å². The molecule has 65 valence electrons. The van der Waals surface area contributed by atoms with Gasteiger partial charge in [-0.15, -0.1) is 6.20 Å². The van der Waals surface area contributed by atoms with Crippen molar-refractivity contribution < 1.29 is 24.1 Å². The van der Waals surface area contributed by atoms with E-state index in [0.29, 0.717) is 0 Å². The molecule has 0 saturated heterocycles. The summed E-state index contributed by atoms with van der Waals surface area (Å²) in [6.45, 7) is 4.09. The fourth-order valence-electron chi connectivity index (χ4n) is 1.43. The summed E-state index contributed by atoms with van der Waals surface area (Å²) in [4.78, 5) is 0. The monoisotopic (exact) mass is 251 g/mol. The Kier molecular flexibility index (Phi) is 3.15. The van der Waals surface area contributed by atoms with Gasteiger partial charge in [0.2, 0.25) is 0 Å². The van der Waals surface area contributed by atoms with Crippen LogP contribution < -0.4 is 5.10 Å². The molecular weight excluding hydrogens is 239 g/mol. The van der Waals surface area contributed by atoms with Gasteiger partial charge in [0.15, 0.2) is 13.1 Å². The number of hydrogen-bond donors (Lipinski definition) is 0. The minimum Gasteiger partial charge on any atom is -0.581 e. The first-order chi connectivity index (χ1) is 5.40. The molecule has 1 radical (unpaired) electrons. The topological polar surface area (TPSA) is 30.0 Å². The van der Waals surface area contributed by atoms with Crippen molar-refractivity contribution in [3.63, 3.8) is 0 Å². The van der Waals surface area contributed by atoms with Crippen LogP contribution in [-0.4, -0.2) is 15.9 Å². The first kappa shape index (κ1) is 9.59. The second-order valence-electron chi connectivity index (χ2n) is 2.81. The van der Waals surface area contributed by atoms with Gasteiger partial charge in [-0.05, 0) is 0 Å². The van der Waals surface area contributed by atoms with Crippen LogP contribution in [0, 0.1) is 0 Å². The summed E-state index contributed by atoms with van der Waals surface area (Å²) in [6.07, 6.45) is 5.16. The SMILES string of the molecule is CCC=[N+]1Cc2c[n-]nc2C1.[Ru+]. The normalized spacial score (nSPS) is 17.6. The third kappa shape index (κ3) is 1.63. The van der Waals surface area contributed by atoms with Crippen LogP contribution in [0.15, 0.2) is 6.20 Å². The van der Waals surface area contributed by atoms with E-state index in [1.807, 2.05) is 6.20 Å². The Morgan fingerprint density at radius 2 is 2.50 bits per heavy atom. The molecule has 0 amide bonds. The molecule has 0 aliphatic carbocycles. The second-order valence-corrected chi connectivity index (χ2v) is 2.81. The molecule has 1 aliphatic rings. The van der Waals surface area contributed by atoms with Gasteiger partial charge in [-0.1, -0.05) is 6.92 Å². The quantitative estimate of drug-likeness (QED) is 0.538. The van der Waals surface area contributed by atoms with Crippen molar-refractivity contribution in [2.24, 2.45) is 0 Å². The first-order valence-electron chi connectivity index (χ1n) is 3.93. The molecule has 1 aliphatic heterocycles. The van der Waals surface area contributed by atoms with Crippen LogP contribution in [0.25, 0.3) is 0 Å². The number of hydrogen-bond acceptors (Lipinski definition) is 1. The molecule has 4 heteroatoms. The largest absolute Gasteiger partial charge is 1.00 e. The summed E-state index contributed by atoms with van der Waals surface area (Å²) < 4.78 is 2.28. The van der Waals surface area contributed by atoms with Crippen molar-refractivity contribution in [2.75, 3.05) is 0 Å². The minimum absolute atomic E-state index is 0. The van der Waals surface area contributed by atoms with Gasteiger partial charge in [-0.2, -0.15) is 0 Å². The van der Waals surface area contributed by atoms with Crippen LogP contribution in [0.4, 0.5) is 0 Å². The van der Waals surface area contributed by atoms with Crippen molar-refractivity contribution in [2.45, 2.75) is 26.4 Å². The number of rotatable bonds is 1. The van der Waals surface area contributed by atoms with Crippen LogP contribution in [0.1, 0.15) is 24.6 Å². The maximum Gasteiger partial charge on any atom is 1.00 e. The van der Waals surface area contributed by atoms with Crippen LogP contribution in [0.5, 0.6) is 0 Å². The Labute approximate surface area is 84.6 Å². The standard InChI is InChI=1S/C8H11N3.Ru/c1-2-3-11-5-7-4-9-10-8(7)6-11;/h3-4H,2,5-6H2,1H3;/q;+1. The molecule has 1 aromatic heterocycles. The zero-order chi connectivity index (χ0) is 7.68. The Morgan fingerprint density at radius 1 is 1.67 bits per heavy atom. The van der Waals surface area contributed by atoms with Crippen molar-refractivity contribution in [1.29, 1.82) is 0 Å². The van der Waals surface area contributed by atoms with Crippen molar-refractivity contribution in [3.05, 3.63) is 17.5 Å². The Balaban J connectivity index is 0.000000720. The van der Waals surface area contributed by atoms with Gasteiger partial charge in [0.1, 0.15) is 6.21 Å². The van der Waals surface area contributed by atoms with E-state index in [-0.39, 0.29) is 19.5 Å². The molecule has 0 atom stereocenters. The third-order valence-corrected chi connectivity index (χ3v) is 1.93. The van der Waals surface area contributed by atoms with Crippen molar-refractivity contribution in [3.8, 4) is 0 Å². The van der Waals surface area contributed by atoms with Crippen LogP contribution in [0.3, 0.4) is 0 Å². The minimum atomic E-state index is 0. The maximum atomic E-state index is 4.02. The third-order valence-electron chi connectivity index (χ3n) is 1.93. The Morgan fingerprint density at radius 3 is 3.17 bits per heavy atom. The maximum absolute atomic E-state index is 4.02. The fourth-order valence-corrected chi connectivity index (χ4v) is 1.43. The van der Waals surface area contributed by atoms with E-state index in [1.54, 1.807) is 0 Å². The predicted molar refractivity (Wildman–Crippen MR) is 41.6 cm³/mol. The number of fused-ring (bicyclic) bond motifs is 1. The summed E-state index contributed by atoms with van der Waals surface area (Å²) in [6, 6.07) is 0. The summed E-state index contributed by atoms with van der Waals surface area (Å²) in [5.41, 5.74) is 2.43. The molecule has 2 rings (SSSR count). The fraction of sp³-hybridized carbons (Fsp3) is 0.500. The molecule has 0 bridgehead atoms. The van der Waals surface area contributed by atoms with Gasteiger partial charge >= 0.3 is 19.5 Å². The van der Waals surface area contributed by atoms with E-state index in [0.717, 1.165) is 25.2 Å². The molecule has 0 aromatic carbocycles. The van der Waals surface area contributed by atoms with Gasteiger partial charge in [-0.25, -0.2) is 4.58 Å². The van der Waals surface area contributed by atoms with E-state index >= 15 is 0 Å². The van der Waals surface area contributed by atoms with Crippen molar-refractivity contribution >= 4 is 6.21 Å². The van der Waals surface area contributed by atoms with Gasteiger partial charge in [-0.3, -0.25) is 0 Å². The molecule has 2 heterocycles. The van der Waals surface area contributed by atoms with Crippen LogP contribution in [0.2, 0.25) is 0 Å². The summed E-state index contributed by atoms with van der Waals surface area (Å²) in [5.74, 6) is 0. The van der Waals surface area contributed by atoms with Crippen molar-refractivity contribution in [1.82, 2.24) is 10.2 Å². The molecule has 0 fully saturated rings. The average molecular weight is 250 g/mol. The number of nitrogens with zero attached hydrogens (tertiary/aromatic N) is 3. The van der Waals surface area contributed by atoms with Gasteiger partial charge in [0, 0.05) is 12.0 Å². The molecule has 0 saturated carbocycles.